The van der Waals surface area contributed by atoms with Crippen LogP contribution in [0.1, 0.15) is 78.1 Å². The Morgan fingerprint density at radius 1 is 0.818 bits per heavy atom. The molecule has 1 aliphatic rings. The minimum absolute atomic E-state index is 0.619. The van der Waals surface area contributed by atoms with Gasteiger partial charge >= 0.3 is 0 Å². The summed E-state index contributed by atoms with van der Waals surface area (Å²) >= 11 is 0. The highest BCUT2D eigenvalue weighted by atomic mass is 15.0. The summed E-state index contributed by atoms with van der Waals surface area (Å²) in [7, 11) is 2.05. The molecule has 132 valence electrons. The van der Waals surface area contributed by atoms with Crippen LogP contribution in [0.2, 0.25) is 0 Å². The second-order valence-electron chi connectivity index (χ2n) is 7.20. The van der Waals surface area contributed by atoms with Crippen molar-refractivity contribution < 1.29 is 0 Å². The van der Waals surface area contributed by atoms with Crippen LogP contribution in [-0.4, -0.2) is 38.8 Å². The Hall–Kier alpha value is -0.120. The van der Waals surface area contributed by atoms with Crippen LogP contribution in [-0.2, 0) is 0 Å². The molecule has 0 unspecified atom stereocenters. The molecule has 1 fully saturated rings. The largest absolute Gasteiger partial charge is 0.318 e. The van der Waals surface area contributed by atoms with Crippen LogP contribution in [0, 0.1) is 5.92 Å². The number of nitrogens with one attached hydrogen (secondary N) is 3. The van der Waals surface area contributed by atoms with E-state index in [-0.39, 0.29) is 0 Å². The normalized spacial score (nSPS) is 19.8. The lowest BCUT2D eigenvalue weighted by Gasteiger charge is -2.25. The molecular weight excluding hydrogens is 270 g/mol. The molecule has 1 aliphatic carbocycles. The van der Waals surface area contributed by atoms with Crippen molar-refractivity contribution in [3.8, 4) is 0 Å². The number of rotatable bonds is 12. The van der Waals surface area contributed by atoms with E-state index in [1.165, 1.54) is 70.8 Å². The minimum atomic E-state index is 0.619. The topological polar surface area (TPSA) is 36.1 Å². The van der Waals surface area contributed by atoms with Crippen LogP contribution in [0.15, 0.2) is 0 Å². The smallest absolute Gasteiger partial charge is 0.0192 e. The Kier molecular flexibility index (Phi) is 12.1. The van der Waals surface area contributed by atoms with Crippen LogP contribution >= 0.6 is 0 Å². The maximum absolute atomic E-state index is 3.87. The number of hydrogen-bond acceptors (Lipinski definition) is 3. The first-order chi connectivity index (χ1) is 10.8. The second-order valence-corrected chi connectivity index (χ2v) is 7.20. The molecule has 2 atom stereocenters. The van der Waals surface area contributed by atoms with E-state index in [2.05, 4.69) is 36.8 Å². The first-order valence-corrected chi connectivity index (χ1v) is 9.91. The van der Waals surface area contributed by atoms with E-state index < -0.39 is 0 Å². The molecule has 1 saturated carbocycles. The molecule has 3 heteroatoms. The van der Waals surface area contributed by atoms with E-state index in [0.29, 0.717) is 12.1 Å². The Morgan fingerprint density at radius 2 is 1.41 bits per heavy atom. The summed E-state index contributed by atoms with van der Waals surface area (Å²) in [5.41, 5.74) is 0. The lowest BCUT2D eigenvalue weighted by Crippen LogP contribution is -2.46. The summed E-state index contributed by atoms with van der Waals surface area (Å²) in [5, 5.41) is 11.0. The van der Waals surface area contributed by atoms with Crippen LogP contribution < -0.4 is 16.0 Å². The standard InChI is InChI=1S/C19H41N3/c1-4-10-18(15-20-3)22-16-19(11-5-2)21-14-17-12-8-6-7-9-13-17/h17-22H,4-16H2,1-3H3/t18-,19-/m1/s1. The quantitative estimate of drug-likeness (QED) is 0.481. The average molecular weight is 312 g/mol. The Balaban J connectivity index is 2.29. The Morgan fingerprint density at radius 3 is 1.95 bits per heavy atom. The number of hydrogen-bond donors (Lipinski definition) is 3. The molecule has 22 heavy (non-hydrogen) atoms. The van der Waals surface area contributed by atoms with Crippen molar-refractivity contribution >= 4 is 0 Å². The van der Waals surface area contributed by atoms with Crippen molar-refractivity contribution in [1.29, 1.82) is 0 Å². The third kappa shape index (κ3) is 9.12. The predicted octanol–water partition coefficient (Wildman–Crippen LogP) is 3.69. The maximum Gasteiger partial charge on any atom is 0.0192 e. The molecule has 3 nitrogen and oxygen atoms in total. The molecule has 0 amide bonds. The number of likely N-dealkylation sites (N-methyl/N-ethyl adjacent to an activating group) is 1. The summed E-state index contributed by atoms with van der Waals surface area (Å²) in [5.74, 6) is 0.922. The van der Waals surface area contributed by atoms with Gasteiger partial charge in [0, 0.05) is 25.2 Å². The van der Waals surface area contributed by atoms with E-state index in [1.54, 1.807) is 0 Å². The van der Waals surface area contributed by atoms with E-state index in [1.807, 2.05) is 0 Å². The minimum Gasteiger partial charge on any atom is -0.318 e. The molecule has 0 bridgehead atoms. The van der Waals surface area contributed by atoms with Crippen molar-refractivity contribution in [3.63, 3.8) is 0 Å². The van der Waals surface area contributed by atoms with Gasteiger partial charge in [0.2, 0.25) is 0 Å². The van der Waals surface area contributed by atoms with Crippen molar-refractivity contribution in [2.45, 2.75) is 90.1 Å². The van der Waals surface area contributed by atoms with Crippen molar-refractivity contribution in [3.05, 3.63) is 0 Å². The molecule has 1 rings (SSSR count). The van der Waals surface area contributed by atoms with Crippen molar-refractivity contribution in [1.82, 2.24) is 16.0 Å². The molecule has 0 aromatic carbocycles. The van der Waals surface area contributed by atoms with Gasteiger partial charge in [0.15, 0.2) is 0 Å². The summed E-state index contributed by atoms with van der Waals surface area (Å²) in [6.07, 6.45) is 13.8. The lowest BCUT2D eigenvalue weighted by molar-refractivity contribution is 0.351. The van der Waals surface area contributed by atoms with Gasteiger partial charge in [0.25, 0.3) is 0 Å². The van der Waals surface area contributed by atoms with Gasteiger partial charge < -0.3 is 16.0 Å². The first kappa shape index (κ1) is 19.9. The second kappa shape index (κ2) is 13.3. The van der Waals surface area contributed by atoms with Gasteiger partial charge in [-0.05, 0) is 45.2 Å². The van der Waals surface area contributed by atoms with Gasteiger partial charge in [-0.2, -0.15) is 0 Å². The molecule has 0 saturated heterocycles. The van der Waals surface area contributed by atoms with Gasteiger partial charge in [-0.1, -0.05) is 52.4 Å². The molecule has 0 aliphatic heterocycles. The highest BCUT2D eigenvalue weighted by Crippen LogP contribution is 2.22. The van der Waals surface area contributed by atoms with Gasteiger partial charge in [-0.3, -0.25) is 0 Å². The van der Waals surface area contributed by atoms with Crippen molar-refractivity contribution in [2.75, 3.05) is 26.7 Å². The zero-order valence-corrected chi connectivity index (χ0v) is 15.4. The zero-order valence-electron chi connectivity index (χ0n) is 15.4. The molecule has 0 spiro atoms. The van der Waals surface area contributed by atoms with E-state index >= 15 is 0 Å². The first-order valence-electron chi connectivity index (χ1n) is 9.91. The van der Waals surface area contributed by atoms with Gasteiger partial charge in [-0.25, -0.2) is 0 Å². The molecule has 0 heterocycles. The zero-order chi connectivity index (χ0) is 16.0. The monoisotopic (exact) mass is 311 g/mol. The fourth-order valence-corrected chi connectivity index (χ4v) is 3.71. The summed E-state index contributed by atoms with van der Waals surface area (Å²) in [6.45, 7) is 8.01. The molecule has 0 aromatic rings. The van der Waals surface area contributed by atoms with E-state index in [4.69, 9.17) is 0 Å². The van der Waals surface area contributed by atoms with Crippen LogP contribution in [0.5, 0.6) is 0 Å². The Bertz CT molecular complexity index is 225. The predicted molar refractivity (Wildman–Crippen MR) is 98.5 cm³/mol. The highest BCUT2D eigenvalue weighted by molar-refractivity contribution is 4.77. The fourth-order valence-electron chi connectivity index (χ4n) is 3.71. The SMILES string of the molecule is CCC[C@H](CNC)NC[C@@H](CCC)NCC1CCCCCC1. The third-order valence-electron chi connectivity index (χ3n) is 5.05. The van der Waals surface area contributed by atoms with E-state index in [0.717, 1.165) is 19.0 Å². The highest BCUT2D eigenvalue weighted by Gasteiger charge is 2.15. The summed E-state index contributed by atoms with van der Waals surface area (Å²) < 4.78 is 0. The van der Waals surface area contributed by atoms with Gasteiger partial charge in [-0.15, -0.1) is 0 Å². The molecular formula is C19H41N3. The third-order valence-corrected chi connectivity index (χ3v) is 5.05. The lowest BCUT2D eigenvalue weighted by atomic mass is 9.99. The van der Waals surface area contributed by atoms with E-state index in [9.17, 15) is 0 Å². The molecule has 0 aromatic heterocycles. The summed E-state index contributed by atoms with van der Waals surface area (Å²) in [6, 6.07) is 1.26. The maximum atomic E-state index is 3.87. The van der Waals surface area contributed by atoms with Crippen LogP contribution in [0.4, 0.5) is 0 Å². The molecule has 0 radical (unpaired) electrons. The van der Waals surface area contributed by atoms with Crippen molar-refractivity contribution in [2.24, 2.45) is 5.92 Å². The van der Waals surface area contributed by atoms with Crippen LogP contribution in [0.25, 0.3) is 0 Å². The average Bonchev–Trinajstić information content (AvgIpc) is 2.79. The fraction of sp³-hybridized carbons (Fsp3) is 1.00. The summed E-state index contributed by atoms with van der Waals surface area (Å²) in [4.78, 5) is 0. The molecule has 3 N–H and O–H groups in total. The van der Waals surface area contributed by atoms with Gasteiger partial charge in [0.1, 0.15) is 0 Å². The Labute approximate surface area is 139 Å². The van der Waals surface area contributed by atoms with Crippen LogP contribution in [0.3, 0.4) is 0 Å². The van der Waals surface area contributed by atoms with Gasteiger partial charge in [0.05, 0.1) is 0 Å².